The Kier molecular flexibility index (Phi) is 5.06. The van der Waals surface area contributed by atoms with Crippen LogP contribution in [-0.4, -0.2) is 18.6 Å². The Labute approximate surface area is 125 Å². The third kappa shape index (κ3) is 3.33. The number of carbonyl (C=O) groups is 1. The third-order valence-corrected chi connectivity index (χ3v) is 4.17. The molecule has 1 aliphatic rings. The largest absolute Gasteiger partial charge is 0.464 e. The van der Waals surface area contributed by atoms with E-state index in [4.69, 9.17) is 16.3 Å². The maximum Gasteiger partial charge on any atom is 0.330 e. The minimum atomic E-state index is -0.837. The lowest BCUT2D eigenvalue weighted by molar-refractivity contribution is -0.151. The molecule has 1 atom stereocenters. The highest BCUT2D eigenvalue weighted by molar-refractivity contribution is 6.30. The molecule has 1 aliphatic carbocycles. The summed E-state index contributed by atoms with van der Waals surface area (Å²) in [6, 6.07) is 7.80. The van der Waals surface area contributed by atoms with E-state index in [1.807, 2.05) is 38.1 Å². The number of carbonyl (C=O) groups excluding carboxylic acids is 1. The van der Waals surface area contributed by atoms with Gasteiger partial charge in [-0.3, -0.25) is 5.32 Å². The molecule has 0 radical (unpaired) electrons. The minimum Gasteiger partial charge on any atom is -0.464 e. The van der Waals surface area contributed by atoms with E-state index in [1.54, 1.807) is 0 Å². The third-order valence-electron chi connectivity index (χ3n) is 3.93. The fourth-order valence-electron chi connectivity index (χ4n) is 2.81. The Morgan fingerprint density at radius 3 is 2.75 bits per heavy atom. The summed E-state index contributed by atoms with van der Waals surface area (Å²) in [6.45, 7) is 4.09. The molecule has 0 spiro atoms. The van der Waals surface area contributed by atoms with Crippen LogP contribution in [0.25, 0.3) is 0 Å². The highest BCUT2D eigenvalue weighted by atomic mass is 35.5. The lowest BCUT2D eigenvalue weighted by Gasteiger charge is -2.32. The molecule has 3 nitrogen and oxygen atoms in total. The van der Waals surface area contributed by atoms with Crippen molar-refractivity contribution in [3.8, 4) is 0 Å². The topological polar surface area (TPSA) is 38.3 Å². The number of hydrogen-bond acceptors (Lipinski definition) is 3. The molecule has 110 valence electrons. The van der Waals surface area contributed by atoms with Gasteiger partial charge in [-0.2, -0.15) is 0 Å². The van der Waals surface area contributed by atoms with Gasteiger partial charge in [-0.1, -0.05) is 36.6 Å². The van der Waals surface area contributed by atoms with Crippen LogP contribution in [0.2, 0.25) is 5.02 Å². The zero-order chi connectivity index (χ0) is 14.6. The van der Waals surface area contributed by atoms with E-state index in [9.17, 15) is 4.79 Å². The van der Waals surface area contributed by atoms with Crippen molar-refractivity contribution in [1.29, 1.82) is 0 Å². The van der Waals surface area contributed by atoms with Crippen LogP contribution >= 0.6 is 11.6 Å². The Hall–Kier alpha value is -1.06. The molecule has 2 rings (SSSR count). The molecule has 4 heteroatoms. The summed E-state index contributed by atoms with van der Waals surface area (Å²) in [5, 5.41) is 4.12. The Bertz CT molecular complexity index is 471. The van der Waals surface area contributed by atoms with Crippen LogP contribution in [0.3, 0.4) is 0 Å². The molecule has 0 aliphatic heterocycles. The van der Waals surface area contributed by atoms with Gasteiger partial charge in [0, 0.05) is 11.1 Å². The van der Waals surface area contributed by atoms with Crippen molar-refractivity contribution in [2.45, 2.75) is 51.1 Å². The number of rotatable bonds is 5. The Balaban J connectivity index is 2.29. The predicted octanol–water partition coefficient (Wildman–Crippen LogP) is 3.65. The smallest absolute Gasteiger partial charge is 0.330 e. The number of esters is 1. The first-order chi connectivity index (χ1) is 9.56. The lowest BCUT2D eigenvalue weighted by atomic mass is 9.90. The van der Waals surface area contributed by atoms with E-state index in [1.165, 1.54) is 12.8 Å². The molecule has 1 unspecified atom stereocenters. The van der Waals surface area contributed by atoms with E-state index in [0.29, 0.717) is 17.7 Å². The van der Waals surface area contributed by atoms with E-state index in [-0.39, 0.29) is 5.97 Å². The molecular formula is C16H22ClNO2. The Morgan fingerprint density at radius 1 is 1.45 bits per heavy atom. The van der Waals surface area contributed by atoms with Gasteiger partial charge in [0.25, 0.3) is 0 Å². The summed E-state index contributed by atoms with van der Waals surface area (Å²) in [7, 11) is 0. The van der Waals surface area contributed by atoms with Gasteiger partial charge < -0.3 is 4.74 Å². The molecule has 1 fully saturated rings. The second kappa shape index (κ2) is 6.59. The van der Waals surface area contributed by atoms with Crippen LogP contribution in [0.15, 0.2) is 24.3 Å². The van der Waals surface area contributed by atoms with Gasteiger partial charge in [0.1, 0.15) is 5.54 Å². The van der Waals surface area contributed by atoms with E-state index < -0.39 is 5.54 Å². The second-order valence-electron chi connectivity index (χ2n) is 5.48. The van der Waals surface area contributed by atoms with Crippen LogP contribution in [0.4, 0.5) is 0 Å². The van der Waals surface area contributed by atoms with Gasteiger partial charge in [0.2, 0.25) is 0 Å². The average Bonchev–Trinajstić information content (AvgIpc) is 2.91. The van der Waals surface area contributed by atoms with Crippen molar-refractivity contribution >= 4 is 17.6 Å². The molecular weight excluding hydrogens is 274 g/mol. The molecule has 0 saturated heterocycles. The molecule has 1 aromatic carbocycles. The van der Waals surface area contributed by atoms with Gasteiger partial charge in [-0.05, 0) is 44.4 Å². The van der Waals surface area contributed by atoms with Gasteiger partial charge in [-0.15, -0.1) is 0 Å². The predicted molar refractivity (Wildman–Crippen MR) is 80.8 cm³/mol. The summed E-state index contributed by atoms with van der Waals surface area (Å²) < 4.78 is 5.27. The first kappa shape index (κ1) is 15.3. The van der Waals surface area contributed by atoms with Crippen molar-refractivity contribution in [3.05, 3.63) is 34.9 Å². The zero-order valence-electron chi connectivity index (χ0n) is 12.1. The fraction of sp³-hybridized carbons (Fsp3) is 0.562. The average molecular weight is 296 g/mol. The van der Waals surface area contributed by atoms with E-state index in [2.05, 4.69) is 5.32 Å². The van der Waals surface area contributed by atoms with Crippen molar-refractivity contribution < 1.29 is 9.53 Å². The fourth-order valence-corrected chi connectivity index (χ4v) is 3.00. The number of benzene rings is 1. The van der Waals surface area contributed by atoms with Gasteiger partial charge in [-0.25, -0.2) is 4.79 Å². The Morgan fingerprint density at radius 2 is 2.15 bits per heavy atom. The maximum absolute atomic E-state index is 12.4. The lowest BCUT2D eigenvalue weighted by Crippen LogP contribution is -2.51. The molecule has 0 aromatic heterocycles. The van der Waals surface area contributed by atoms with Gasteiger partial charge in [0.15, 0.2) is 0 Å². The zero-order valence-corrected chi connectivity index (χ0v) is 12.9. The normalized spacial score (nSPS) is 18.8. The van der Waals surface area contributed by atoms with Crippen LogP contribution in [0, 0.1) is 0 Å². The van der Waals surface area contributed by atoms with Crippen molar-refractivity contribution in [2.24, 2.45) is 0 Å². The summed E-state index contributed by atoms with van der Waals surface area (Å²) in [5.41, 5.74) is 0.0194. The molecule has 0 amide bonds. The van der Waals surface area contributed by atoms with Crippen LogP contribution in [0.1, 0.15) is 45.1 Å². The molecule has 1 saturated carbocycles. The number of nitrogens with one attached hydrogen (secondary N) is 1. The maximum atomic E-state index is 12.4. The molecule has 1 N–H and O–H groups in total. The number of hydrogen-bond donors (Lipinski definition) is 1. The summed E-state index contributed by atoms with van der Waals surface area (Å²) in [6.07, 6.45) is 4.64. The van der Waals surface area contributed by atoms with Crippen LogP contribution in [0.5, 0.6) is 0 Å². The van der Waals surface area contributed by atoms with Crippen LogP contribution in [-0.2, 0) is 15.1 Å². The van der Waals surface area contributed by atoms with E-state index >= 15 is 0 Å². The number of halogens is 1. The summed E-state index contributed by atoms with van der Waals surface area (Å²) in [4.78, 5) is 12.4. The molecule has 0 bridgehead atoms. The summed E-state index contributed by atoms with van der Waals surface area (Å²) in [5.74, 6) is -0.242. The highest BCUT2D eigenvalue weighted by Crippen LogP contribution is 2.29. The van der Waals surface area contributed by atoms with Crippen molar-refractivity contribution in [2.75, 3.05) is 6.61 Å². The van der Waals surface area contributed by atoms with Crippen molar-refractivity contribution in [1.82, 2.24) is 5.32 Å². The molecule has 20 heavy (non-hydrogen) atoms. The molecule has 0 heterocycles. The van der Waals surface area contributed by atoms with Crippen molar-refractivity contribution in [3.63, 3.8) is 0 Å². The highest BCUT2D eigenvalue weighted by Gasteiger charge is 2.39. The summed E-state index contributed by atoms with van der Waals surface area (Å²) >= 11 is 6.07. The van der Waals surface area contributed by atoms with E-state index in [0.717, 1.165) is 18.4 Å². The van der Waals surface area contributed by atoms with Crippen LogP contribution < -0.4 is 5.32 Å². The standard InChI is InChI=1S/C16H22ClNO2/c1-3-20-15(19)16(2,18-14-9-4-5-10-14)12-7-6-8-13(17)11-12/h6-8,11,14,18H,3-5,9-10H2,1-2H3. The molecule has 1 aromatic rings. The van der Waals surface area contributed by atoms with Gasteiger partial charge >= 0.3 is 5.97 Å². The number of ether oxygens (including phenoxy) is 1. The first-order valence-electron chi connectivity index (χ1n) is 7.27. The van der Waals surface area contributed by atoms with Gasteiger partial charge in [0.05, 0.1) is 6.61 Å². The minimum absolute atomic E-state index is 0.242. The first-order valence-corrected chi connectivity index (χ1v) is 7.65. The SMILES string of the molecule is CCOC(=O)C(C)(NC1CCCC1)c1cccc(Cl)c1. The monoisotopic (exact) mass is 295 g/mol. The second-order valence-corrected chi connectivity index (χ2v) is 5.92. The quantitative estimate of drug-likeness (QED) is 0.843.